The predicted octanol–water partition coefficient (Wildman–Crippen LogP) is 4.29. The molecule has 3 nitrogen and oxygen atoms in total. The van der Waals surface area contributed by atoms with Crippen molar-refractivity contribution in [2.75, 3.05) is 7.11 Å². The van der Waals surface area contributed by atoms with Crippen LogP contribution in [0.4, 0.5) is 0 Å². The molecule has 3 rings (SSSR count). The zero-order valence-electron chi connectivity index (χ0n) is 13.4. The highest BCUT2D eigenvalue weighted by Gasteiger charge is 2.22. The number of benzene rings is 2. The number of ether oxygens (including phenoxy) is 2. The third-order valence-electron chi connectivity index (χ3n) is 3.93. The molecule has 0 saturated heterocycles. The lowest BCUT2D eigenvalue weighted by atomic mass is 10.0. The summed E-state index contributed by atoms with van der Waals surface area (Å²) in [5, 5.41) is 0. The van der Waals surface area contributed by atoms with Crippen molar-refractivity contribution in [3.05, 3.63) is 76.4 Å². The summed E-state index contributed by atoms with van der Waals surface area (Å²) >= 11 is 0. The maximum absolute atomic E-state index is 12.1. The molecule has 0 unspecified atom stereocenters. The Morgan fingerprint density at radius 2 is 1.87 bits per heavy atom. The fraction of sp³-hybridized carbons (Fsp3) is 0.150. The van der Waals surface area contributed by atoms with Gasteiger partial charge in [0, 0.05) is 5.56 Å². The van der Waals surface area contributed by atoms with Crippen LogP contribution in [0.1, 0.15) is 22.3 Å². The average Bonchev–Trinajstić information content (AvgIpc) is 2.91. The van der Waals surface area contributed by atoms with Crippen LogP contribution in [0, 0.1) is 13.8 Å². The Kier molecular flexibility index (Phi) is 4.02. The fourth-order valence-corrected chi connectivity index (χ4v) is 2.44. The van der Waals surface area contributed by atoms with E-state index in [9.17, 15) is 4.79 Å². The second kappa shape index (κ2) is 6.13. The number of esters is 1. The van der Waals surface area contributed by atoms with E-state index < -0.39 is 0 Å². The summed E-state index contributed by atoms with van der Waals surface area (Å²) in [6.07, 6.45) is 3.59. The molecule has 0 saturated carbocycles. The third-order valence-corrected chi connectivity index (χ3v) is 3.93. The van der Waals surface area contributed by atoms with Crippen LogP contribution in [0.15, 0.2) is 54.1 Å². The number of methoxy groups -OCH3 is 1. The number of carbonyl (C=O) groups is 1. The van der Waals surface area contributed by atoms with Crippen LogP contribution >= 0.6 is 0 Å². The van der Waals surface area contributed by atoms with Gasteiger partial charge in [-0.05, 0) is 60.9 Å². The Morgan fingerprint density at radius 1 is 1.04 bits per heavy atom. The molecule has 1 aliphatic heterocycles. The molecule has 0 fully saturated rings. The lowest BCUT2D eigenvalue weighted by molar-refractivity contribution is -0.130. The highest BCUT2D eigenvalue weighted by Crippen LogP contribution is 2.29. The average molecular weight is 306 g/mol. The normalized spacial score (nSPS) is 15.5. The molecule has 23 heavy (non-hydrogen) atoms. The van der Waals surface area contributed by atoms with Crippen molar-refractivity contribution in [1.29, 1.82) is 0 Å². The van der Waals surface area contributed by atoms with Crippen LogP contribution in [0.3, 0.4) is 0 Å². The van der Waals surface area contributed by atoms with E-state index in [4.69, 9.17) is 9.47 Å². The monoisotopic (exact) mass is 306 g/mol. The highest BCUT2D eigenvalue weighted by atomic mass is 16.5. The van der Waals surface area contributed by atoms with E-state index in [1.54, 1.807) is 19.3 Å². The standard InChI is InChI=1S/C20H18O3/c1-13-7-8-16(9-14(13)2)19-12-17(20(21)23-19)10-15-5-4-6-18(11-15)22-3/h4-12H,1-3H3/b17-10-. The summed E-state index contributed by atoms with van der Waals surface area (Å²) in [4.78, 5) is 12.1. The Morgan fingerprint density at radius 3 is 2.61 bits per heavy atom. The van der Waals surface area contributed by atoms with E-state index in [-0.39, 0.29) is 5.97 Å². The van der Waals surface area contributed by atoms with Gasteiger partial charge in [-0.25, -0.2) is 4.79 Å². The fourth-order valence-electron chi connectivity index (χ4n) is 2.44. The molecule has 0 aromatic heterocycles. The third kappa shape index (κ3) is 3.19. The first-order chi connectivity index (χ1) is 11.1. The lowest BCUT2D eigenvalue weighted by Gasteiger charge is -2.05. The van der Waals surface area contributed by atoms with Crippen LogP contribution < -0.4 is 4.74 Å². The largest absolute Gasteiger partial charge is 0.497 e. The molecule has 3 heteroatoms. The van der Waals surface area contributed by atoms with Crippen LogP contribution in [0.5, 0.6) is 5.75 Å². The molecule has 0 spiro atoms. The first kappa shape index (κ1) is 15.1. The van der Waals surface area contributed by atoms with Gasteiger partial charge >= 0.3 is 5.97 Å². The second-order valence-corrected chi connectivity index (χ2v) is 5.57. The SMILES string of the molecule is COc1cccc(/C=C2/C=C(c3ccc(C)c(C)c3)OC2=O)c1. The van der Waals surface area contributed by atoms with Gasteiger partial charge in [0.1, 0.15) is 11.5 Å². The zero-order valence-corrected chi connectivity index (χ0v) is 13.4. The topological polar surface area (TPSA) is 35.5 Å². The summed E-state index contributed by atoms with van der Waals surface area (Å²) in [7, 11) is 1.62. The maximum atomic E-state index is 12.1. The van der Waals surface area contributed by atoms with E-state index in [1.165, 1.54) is 11.1 Å². The summed E-state index contributed by atoms with van der Waals surface area (Å²) in [5.74, 6) is 1.01. The number of rotatable bonds is 3. The number of hydrogen-bond donors (Lipinski definition) is 0. The lowest BCUT2D eigenvalue weighted by Crippen LogP contribution is -1.97. The molecule has 0 radical (unpaired) electrons. The quantitative estimate of drug-likeness (QED) is 0.627. The first-order valence-corrected chi connectivity index (χ1v) is 7.44. The minimum absolute atomic E-state index is 0.332. The molecular weight excluding hydrogens is 288 g/mol. The number of hydrogen-bond acceptors (Lipinski definition) is 3. The molecule has 2 aromatic rings. The van der Waals surface area contributed by atoms with Gasteiger partial charge in [-0.15, -0.1) is 0 Å². The molecular formula is C20H18O3. The Bertz CT molecular complexity index is 829. The van der Waals surface area contributed by atoms with Gasteiger partial charge in [-0.1, -0.05) is 24.3 Å². The molecule has 0 N–H and O–H groups in total. The molecule has 0 aliphatic carbocycles. The van der Waals surface area contributed by atoms with Crippen molar-refractivity contribution in [3.63, 3.8) is 0 Å². The van der Waals surface area contributed by atoms with Crippen molar-refractivity contribution in [2.45, 2.75) is 13.8 Å². The van der Waals surface area contributed by atoms with E-state index in [2.05, 4.69) is 6.92 Å². The van der Waals surface area contributed by atoms with Gasteiger partial charge in [0.15, 0.2) is 0 Å². The van der Waals surface area contributed by atoms with Gasteiger partial charge in [0.2, 0.25) is 0 Å². The van der Waals surface area contributed by atoms with E-state index in [1.807, 2.05) is 49.4 Å². The molecule has 1 heterocycles. The van der Waals surface area contributed by atoms with Gasteiger partial charge in [0.25, 0.3) is 0 Å². The van der Waals surface area contributed by atoms with Crippen LogP contribution in [0.2, 0.25) is 0 Å². The maximum Gasteiger partial charge on any atom is 0.343 e. The zero-order chi connectivity index (χ0) is 16.4. The van der Waals surface area contributed by atoms with Crippen molar-refractivity contribution < 1.29 is 14.3 Å². The number of carbonyl (C=O) groups excluding carboxylic acids is 1. The second-order valence-electron chi connectivity index (χ2n) is 5.57. The molecule has 2 aromatic carbocycles. The summed E-state index contributed by atoms with van der Waals surface area (Å²) in [6.45, 7) is 4.10. The molecule has 0 bridgehead atoms. The van der Waals surface area contributed by atoms with E-state index >= 15 is 0 Å². The summed E-state index contributed by atoms with van der Waals surface area (Å²) < 4.78 is 10.6. The summed E-state index contributed by atoms with van der Waals surface area (Å²) in [5.41, 5.74) is 4.73. The molecule has 1 aliphatic rings. The highest BCUT2D eigenvalue weighted by molar-refractivity contribution is 6.05. The first-order valence-electron chi connectivity index (χ1n) is 7.44. The Labute approximate surface area is 135 Å². The van der Waals surface area contributed by atoms with Crippen molar-refractivity contribution in [2.24, 2.45) is 0 Å². The van der Waals surface area contributed by atoms with Crippen molar-refractivity contribution in [1.82, 2.24) is 0 Å². The Balaban J connectivity index is 1.94. The number of aryl methyl sites for hydroxylation is 2. The molecule has 116 valence electrons. The van der Waals surface area contributed by atoms with Gasteiger partial charge in [0.05, 0.1) is 12.7 Å². The molecule has 0 amide bonds. The number of cyclic esters (lactones) is 1. The Hall–Kier alpha value is -2.81. The van der Waals surface area contributed by atoms with Crippen LogP contribution in [-0.2, 0) is 9.53 Å². The smallest absolute Gasteiger partial charge is 0.343 e. The van der Waals surface area contributed by atoms with Crippen molar-refractivity contribution >= 4 is 17.8 Å². The van der Waals surface area contributed by atoms with Crippen molar-refractivity contribution in [3.8, 4) is 5.75 Å². The van der Waals surface area contributed by atoms with Crippen LogP contribution in [0.25, 0.3) is 11.8 Å². The molecule has 0 atom stereocenters. The van der Waals surface area contributed by atoms with Gasteiger partial charge in [-0.3, -0.25) is 0 Å². The van der Waals surface area contributed by atoms with Gasteiger partial charge in [-0.2, -0.15) is 0 Å². The minimum atomic E-state index is -0.332. The predicted molar refractivity (Wildman–Crippen MR) is 91.0 cm³/mol. The minimum Gasteiger partial charge on any atom is -0.497 e. The summed E-state index contributed by atoms with van der Waals surface area (Å²) in [6, 6.07) is 13.6. The van der Waals surface area contributed by atoms with Gasteiger partial charge < -0.3 is 9.47 Å². The van der Waals surface area contributed by atoms with Crippen LogP contribution in [-0.4, -0.2) is 13.1 Å². The van der Waals surface area contributed by atoms with E-state index in [0.29, 0.717) is 11.3 Å². The van der Waals surface area contributed by atoms with E-state index in [0.717, 1.165) is 16.9 Å².